The molecule has 69 heavy (non-hydrogen) atoms. The molecular formula is C63H123NO5. The van der Waals surface area contributed by atoms with Gasteiger partial charge in [-0.1, -0.05) is 309 Å². The molecule has 0 heterocycles. The number of rotatable bonds is 59. The van der Waals surface area contributed by atoms with Crippen LogP contribution in [0.3, 0.4) is 0 Å². The van der Waals surface area contributed by atoms with Crippen LogP contribution in [0.1, 0.15) is 354 Å². The smallest absolute Gasteiger partial charge is 0.305 e. The first-order valence-electron chi connectivity index (χ1n) is 31.4. The van der Waals surface area contributed by atoms with Crippen molar-refractivity contribution in [1.29, 1.82) is 0 Å². The van der Waals surface area contributed by atoms with Crippen LogP contribution in [0, 0.1) is 0 Å². The molecule has 0 aliphatic heterocycles. The summed E-state index contributed by atoms with van der Waals surface area (Å²) in [6.07, 6.45) is 70.9. The molecule has 1 amide bonds. The van der Waals surface area contributed by atoms with Gasteiger partial charge in [-0.2, -0.15) is 0 Å². The molecule has 0 spiro atoms. The minimum Gasteiger partial charge on any atom is -0.466 e. The third kappa shape index (κ3) is 55.8. The number of hydrogen-bond acceptors (Lipinski definition) is 5. The Morgan fingerprint density at radius 1 is 0.391 bits per heavy atom. The first-order chi connectivity index (χ1) is 34.0. The lowest BCUT2D eigenvalue weighted by Crippen LogP contribution is -2.45. The van der Waals surface area contributed by atoms with E-state index in [1.165, 1.54) is 276 Å². The van der Waals surface area contributed by atoms with Crippen molar-refractivity contribution in [1.82, 2.24) is 5.32 Å². The van der Waals surface area contributed by atoms with E-state index in [9.17, 15) is 19.8 Å². The fraction of sp³-hybridized carbons (Fsp3) is 0.937. The Hall–Kier alpha value is -1.40. The van der Waals surface area contributed by atoms with Gasteiger partial charge in [-0.05, 0) is 44.9 Å². The number of nitrogens with one attached hydrogen (secondary N) is 1. The van der Waals surface area contributed by atoms with E-state index in [0.29, 0.717) is 25.9 Å². The lowest BCUT2D eigenvalue weighted by Gasteiger charge is -2.22. The van der Waals surface area contributed by atoms with Crippen LogP contribution < -0.4 is 5.32 Å². The monoisotopic (exact) mass is 974 g/mol. The maximum atomic E-state index is 12.5. The Kier molecular flexibility index (Phi) is 58.0. The van der Waals surface area contributed by atoms with Crippen LogP contribution in [0.4, 0.5) is 0 Å². The highest BCUT2D eigenvalue weighted by atomic mass is 16.5. The first-order valence-corrected chi connectivity index (χ1v) is 31.4. The van der Waals surface area contributed by atoms with Gasteiger partial charge in [0.1, 0.15) is 0 Å². The molecule has 410 valence electrons. The number of allylic oxidation sites excluding steroid dienone is 2. The second-order valence-electron chi connectivity index (χ2n) is 21.7. The summed E-state index contributed by atoms with van der Waals surface area (Å²) in [6.45, 7) is 4.94. The molecule has 0 aliphatic rings. The zero-order valence-electron chi connectivity index (χ0n) is 46.8. The highest BCUT2D eigenvalue weighted by Gasteiger charge is 2.20. The second kappa shape index (κ2) is 59.2. The Bertz CT molecular complexity index is 1030. The number of hydrogen-bond donors (Lipinski definition) is 3. The molecule has 6 nitrogen and oxygen atoms in total. The van der Waals surface area contributed by atoms with Gasteiger partial charge < -0.3 is 20.3 Å². The van der Waals surface area contributed by atoms with Crippen molar-refractivity contribution in [3.63, 3.8) is 0 Å². The molecule has 0 radical (unpaired) electrons. The van der Waals surface area contributed by atoms with Crippen LogP contribution in [0.15, 0.2) is 12.2 Å². The molecule has 0 rings (SSSR count). The van der Waals surface area contributed by atoms with E-state index in [1.54, 1.807) is 0 Å². The van der Waals surface area contributed by atoms with Gasteiger partial charge in [0.2, 0.25) is 5.91 Å². The van der Waals surface area contributed by atoms with E-state index in [1.807, 2.05) is 0 Å². The summed E-state index contributed by atoms with van der Waals surface area (Å²) in [5.41, 5.74) is 0. The summed E-state index contributed by atoms with van der Waals surface area (Å²) in [4.78, 5) is 24.5. The van der Waals surface area contributed by atoms with Crippen molar-refractivity contribution >= 4 is 11.9 Å². The number of esters is 1. The lowest BCUT2D eigenvalue weighted by molar-refractivity contribution is -0.143. The number of ether oxygens (including phenoxy) is 1. The van der Waals surface area contributed by atoms with E-state index in [2.05, 4.69) is 31.3 Å². The summed E-state index contributed by atoms with van der Waals surface area (Å²) >= 11 is 0. The molecule has 0 aromatic rings. The molecule has 0 fully saturated rings. The van der Waals surface area contributed by atoms with Crippen molar-refractivity contribution in [2.45, 2.75) is 366 Å². The molecule has 0 aliphatic carbocycles. The average molecular weight is 975 g/mol. The highest BCUT2D eigenvalue weighted by molar-refractivity contribution is 5.76. The van der Waals surface area contributed by atoms with Crippen LogP contribution in [0.5, 0.6) is 0 Å². The van der Waals surface area contributed by atoms with Crippen LogP contribution in [0.25, 0.3) is 0 Å². The highest BCUT2D eigenvalue weighted by Crippen LogP contribution is 2.18. The topological polar surface area (TPSA) is 95.9 Å². The predicted octanol–water partition coefficient (Wildman–Crippen LogP) is 19.6. The fourth-order valence-corrected chi connectivity index (χ4v) is 9.98. The van der Waals surface area contributed by atoms with Crippen molar-refractivity contribution in [3.05, 3.63) is 12.2 Å². The van der Waals surface area contributed by atoms with Crippen molar-refractivity contribution in [2.24, 2.45) is 0 Å². The summed E-state index contributed by atoms with van der Waals surface area (Å²) in [7, 11) is 0. The van der Waals surface area contributed by atoms with Gasteiger partial charge in [0.05, 0.1) is 25.4 Å². The van der Waals surface area contributed by atoms with E-state index in [-0.39, 0.29) is 18.5 Å². The number of carbonyl (C=O) groups is 2. The molecule has 3 N–H and O–H groups in total. The zero-order valence-corrected chi connectivity index (χ0v) is 46.8. The molecule has 2 unspecified atom stereocenters. The van der Waals surface area contributed by atoms with E-state index < -0.39 is 12.1 Å². The molecule has 0 saturated carbocycles. The third-order valence-corrected chi connectivity index (χ3v) is 14.8. The lowest BCUT2D eigenvalue weighted by atomic mass is 10.0. The molecule has 0 aromatic carbocycles. The summed E-state index contributed by atoms with van der Waals surface area (Å²) in [6, 6.07) is -0.538. The molecule has 0 aromatic heterocycles. The summed E-state index contributed by atoms with van der Waals surface area (Å²) < 4.78 is 5.46. The predicted molar refractivity (Wildman–Crippen MR) is 301 cm³/mol. The van der Waals surface area contributed by atoms with Gasteiger partial charge in [-0.15, -0.1) is 0 Å². The summed E-state index contributed by atoms with van der Waals surface area (Å²) in [5.74, 6) is -0.0226. The quantitative estimate of drug-likeness (QED) is 0.0321. The number of unbranched alkanes of at least 4 members (excludes halogenated alkanes) is 46. The Morgan fingerprint density at radius 3 is 1.07 bits per heavy atom. The first kappa shape index (κ1) is 67.6. The number of carbonyl (C=O) groups excluding carboxylic acids is 2. The molecular weight excluding hydrogens is 851 g/mol. The number of aliphatic hydroxyl groups excluding tert-OH is 2. The SMILES string of the molecule is CCCC/C=C\CCCCCCCC(=O)OCCCCCCCCCCCCCCCCCCCCCCCCCCCCCC(=O)NC(CO)C(O)CCCCCCCCCCCCCCCC. The standard InChI is InChI=1S/C63H123NO5/c1-3-5-7-9-11-13-15-16-32-36-39-43-47-51-55-61(66)60(59-65)64-62(67)56-52-48-44-40-37-33-30-28-26-24-22-20-18-17-19-21-23-25-27-29-31-34-38-42-46-50-54-58-69-63(68)57-53-49-45-41-35-14-12-10-8-6-4-2/h10,12,60-61,65-66H,3-9,11,13-59H2,1-2H3,(H,64,67)/b12-10-. The molecule has 2 atom stereocenters. The van der Waals surface area contributed by atoms with Gasteiger partial charge in [0.25, 0.3) is 0 Å². The van der Waals surface area contributed by atoms with Crippen LogP contribution in [0.2, 0.25) is 0 Å². The zero-order chi connectivity index (χ0) is 50.0. The van der Waals surface area contributed by atoms with Crippen LogP contribution in [-0.4, -0.2) is 47.4 Å². The van der Waals surface area contributed by atoms with Gasteiger partial charge in [0.15, 0.2) is 0 Å². The summed E-state index contributed by atoms with van der Waals surface area (Å²) in [5, 5.41) is 23.3. The van der Waals surface area contributed by atoms with Crippen LogP contribution in [-0.2, 0) is 14.3 Å². The maximum absolute atomic E-state index is 12.5. The minimum atomic E-state index is -0.661. The Labute approximate surface area is 431 Å². The van der Waals surface area contributed by atoms with Gasteiger partial charge in [0, 0.05) is 12.8 Å². The van der Waals surface area contributed by atoms with Crippen LogP contribution >= 0.6 is 0 Å². The fourth-order valence-electron chi connectivity index (χ4n) is 9.98. The number of amides is 1. The molecule has 0 bridgehead atoms. The largest absolute Gasteiger partial charge is 0.466 e. The number of aliphatic hydroxyl groups is 2. The van der Waals surface area contributed by atoms with E-state index >= 15 is 0 Å². The average Bonchev–Trinajstić information content (AvgIpc) is 3.35. The normalized spacial score (nSPS) is 12.6. The molecule has 6 heteroatoms. The van der Waals surface area contributed by atoms with Gasteiger partial charge in [-0.25, -0.2) is 0 Å². The second-order valence-corrected chi connectivity index (χ2v) is 21.7. The minimum absolute atomic E-state index is 0.00742. The Morgan fingerprint density at radius 2 is 0.696 bits per heavy atom. The maximum Gasteiger partial charge on any atom is 0.305 e. The van der Waals surface area contributed by atoms with E-state index in [0.717, 1.165) is 44.9 Å². The Balaban J connectivity index is 3.34. The van der Waals surface area contributed by atoms with Gasteiger partial charge in [-0.3, -0.25) is 9.59 Å². The van der Waals surface area contributed by atoms with Gasteiger partial charge >= 0.3 is 5.97 Å². The van der Waals surface area contributed by atoms with E-state index in [4.69, 9.17) is 4.74 Å². The third-order valence-electron chi connectivity index (χ3n) is 14.8. The van der Waals surface area contributed by atoms with Crippen molar-refractivity contribution in [3.8, 4) is 0 Å². The van der Waals surface area contributed by atoms with Crippen molar-refractivity contribution in [2.75, 3.05) is 13.2 Å². The van der Waals surface area contributed by atoms with Crippen molar-refractivity contribution < 1.29 is 24.5 Å². The molecule has 0 saturated heterocycles.